The summed E-state index contributed by atoms with van der Waals surface area (Å²) in [4.78, 5) is 13.2. The van der Waals surface area contributed by atoms with E-state index >= 15 is 0 Å². The molecule has 2 atom stereocenters. The second-order valence-corrected chi connectivity index (χ2v) is 4.76. The maximum Gasteiger partial charge on any atom is 0.326 e. The van der Waals surface area contributed by atoms with E-state index in [1.54, 1.807) is 0 Å². The summed E-state index contributed by atoms with van der Waals surface area (Å²) in [5.74, 6) is 0.103. The summed E-state index contributed by atoms with van der Waals surface area (Å²) in [7, 11) is 0. The summed E-state index contributed by atoms with van der Waals surface area (Å²) >= 11 is 0. The summed E-state index contributed by atoms with van der Waals surface area (Å²) < 4.78 is 0. The van der Waals surface area contributed by atoms with E-state index in [1.807, 2.05) is 0 Å². The smallest absolute Gasteiger partial charge is 0.326 e. The third-order valence-electron chi connectivity index (χ3n) is 3.56. The lowest BCUT2D eigenvalue weighted by Gasteiger charge is -2.30. The van der Waals surface area contributed by atoms with Crippen LogP contribution in [0.5, 0.6) is 0 Å². The molecule has 0 aromatic rings. The molecule has 0 aromatic heterocycles. The molecule has 3 nitrogen and oxygen atoms in total. The van der Waals surface area contributed by atoms with Crippen molar-refractivity contribution >= 4 is 5.97 Å². The molecule has 2 aliphatic rings. The van der Waals surface area contributed by atoms with E-state index in [9.17, 15) is 4.79 Å². The number of carboxylic acid groups (broad SMARTS) is 1. The lowest BCUT2D eigenvalue weighted by atomic mass is 9.93. The highest BCUT2D eigenvalue weighted by Gasteiger charge is 2.32. The molecule has 0 saturated carbocycles. The van der Waals surface area contributed by atoms with Gasteiger partial charge in [0.1, 0.15) is 6.04 Å². The molecule has 0 aromatic carbocycles. The van der Waals surface area contributed by atoms with Gasteiger partial charge in [-0.3, -0.25) is 0 Å². The first-order chi connectivity index (χ1) is 7.18. The van der Waals surface area contributed by atoms with Gasteiger partial charge >= 0.3 is 5.97 Å². The fraction of sp³-hybridized carbons (Fsp3) is 0.750. The van der Waals surface area contributed by atoms with Crippen molar-refractivity contribution in [1.29, 1.82) is 0 Å². The molecule has 0 amide bonds. The monoisotopic (exact) mass is 209 g/mol. The number of likely N-dealkylation sites (tertiary alicyclic amines) is 1. The minimum atomic E-state index is -0.660. The second kappa shape index (κ2) is 4.25. The fourth-order valence-corrected chi connectivity index (χ4v) is 2.58. The Labute approximate surface area is 90.8 Å². The Morgan fingerprint density at radius 1 is 1.53 bits per heavy atom. The number of rotatable bonds is 2. The Bertz CT molecular complexity index is 285. The number of hydrogen-bond acceptors (Lipinski definition) is 2. The molecule has 1 N–H and O–H groups in total. The highest BCUT2D eigenvalue weighted by molar-refractivity contribution is 5.74. The van der Waals surface area contributed by atoms with E-state index < -0.39 is 5.97 Å². The zero-order valence-electron chi connectivity index (χ0n) is 9.28. The average Bonchev–Trinajstić information content (AvgIpc) is 2.67. The van der Waals surface area contributed by atoms with Gasteiger partial charge in [0, 0.05) is 12.2 Å². The SMILES string of the molecule is C[C@@H]1CC=C(N2CCC[C@H]2C(=O)O)CC1. The van der Waals surface area contributed by atoms with Crippen molar-refractivity contribution in [2.45, 2.75) is 45.1 Å². The largest absolute Gasteiger partial charge is 0.480 e. The molecule has 0 spiro atoms. The van der Waals surface area contributed by atoms with Crippen molar-refractivity contribution in [1.82, 2.24) is 4.90 Å². The second-order valence-electron chi connectivity index (χ2n) is 4.76. The first-order valence-electron chi connectivity index (χ1n) is 5.87. The molecule has 0 bridgehead atoms. The van der Waals surface area contributed by atoms with Gasteiger partial charge in [0.25, 0.3) is 0 Å². The van der Waals surface area contributed by atoms with Gasteiger partial charge < -0.3 is 10.0 Å². The minimum Gasteiger partial charge on any atom is -0.480 e. The van der Waals surface area contributed by atoms with Gasteiger partial charge in [-0.1, -0.05) is 13.0 Å². The van der Waals surface area contributed by atoms with Gasteiger partial charge in [-0.15, -0.1) is 0 Å². The zero-order valence-corrected chi connectivity index (χ0v) is 9.28. The Balaban J connectivity index is 2.06. The summed E-state index contributed by atoms with van der Waals surface area (Å²) in [6.07, 6.45) is 7.44. The van der Waals surface area contributed by atoms with Crippen molar-refractivity contribution in [2.24, 2.45) is 5.92 Å². The predicted molar refractivity (Wildman–Crippen MR) is 58.5 cm³/mol. The van der Waals surface area contributed by atoms with Crippen LogP contribution < -0.4 is 0 Å². The van der Waals surface area contributed by atoms with Gasteiger partial charge in [0.05, 0.1) is 0 Å². The standard InChI is InChI=1S/C12H19NO2/c1-9-4-6-10(7-5-9)13-8-2-3-11(13)12(14)15/h6,9,11H,2-5,7-8H2,1H3,(H,14,15)/t9-,11+/m1/s1. The van der Waals surface area contributed by atoms with Crippen LogP contribution in [0.4, 0.5) is 0 Å². The Morgan fingerprint density at radius 2 is 2.33 bits per heavy atom. The Morgan fingerprint density at radius 3 is 2.93 bits per heavy atom. The van der Waals surface area contributed by atoms with E-state index in [0.29, 0.717) is 0 Å². The summed E-state index contributed by atoms with van der Waals surface area (Å²) in [6, 6.07) is -0.260. The molecule has 3 heteroatoms. The van der Waals surface area contributed by atoms with Crippen LogP contribution in [0.15, 0.2) is 11.8 Å². The van der Waals surface area contributed by atoms with E-state index in [2.05, 4.69) is 17.9 Å². The maximum absolute atomic E-state index is 11.1. The van der Waals surface area contributed by atoms with Crippen LogP contribution in [0.3, 0.4) is 0 Å². The molecule has 15 heavy (non-hydrogen) atoms. The van der Waals surface area contributed by atoms with E-state index in [-0.39, 0.29) is 6.04 Å². The van der Waals surface area contributed by atoms with Gasteiger partial charge in [0.2, 0.25) is 0 Å². The molecule has 84 valence electrons. The number of carboxylic acids is 1. The molecule has 1 aliphatic carbocycles. The van der Waals surface area contributed by atoms with E-state index in [0.717, 1.165) is 38.1 Å². The van der Waals surface area contributed by atoms with Crippen molar-refractivity contribution in [2.75, 3.05) is 6.54 Å². The quantitative estimate of drug-likeness (QED) is 0.758. The third kappa shape index (κ3) is 2.16. The first kappa shape index (κ1) is 10.5. The normalized spacial score (nSPS) is 31.5. The molecule has 1 aliphatic heterocycles. The maximum atomic E-state index is 11.1. The number of carbonyl (C=O) groups is 1. The Hall–Kier alpha value is -0.990. The minimum absolute atomic E-state index is 0.260. The lowest BCUT2D eigenvalue weighted by Crippen LogP contribution is -2.36. The highest BCUT2D eigenvalue weighted by Crippen LogP contribution is 2.30. The molecule has 1 fully saturated rings. The lowest BCUT2D eigenvalue weighted by molar-refractivity contribution is -0.141. The summed E-state index contributed by atoms with van der Waals surface area (Å²) in [6.45, 7) is 3.18. The fourth-order valence-electron chi connectivity index (χ4n) is 2.58. The highest BCUT2D eigenvalue weighted by atomic mass is 16.4. The third-order valence-corrected chi connectivity index (χ3v) is 3.56. The van der Waals surface area contributed by atoms with Gasteiger partial charge in [-0.05, 0) is 38.0 Å². The van der Waals surface area contributed by atoms with Gasteiger partial charge in [-0.25, -0.2) is 4.79 Å². The van der Waals surface area contributed by atoms with Crippen LogP contribution in [0.2, 0.25) is 0 Å². The number of nitrogens with zero attached hydrogens (tertiary/aromatic N) is 1. The van der Waals surface area contributed by atoms with Gasteiger partial charge in [0.15, 0.2) is 0 Å². The molecule has 0 radical (unpaired) electrons. The van der Waals surface area contributed by atoms with Crippen LogP contribution in [0, 0.1) is 5.92 Å². The molecule has 2 rings (SSSR count). The topological polar surface area (TPSA) is 40.5 Å². The summed E-state index contributed by atoms with van der Waals surface area (Å²) in [5, 5.41) is 9.10. The van der Waals surface area contributed by atoms with Crippen molar-refractivity contribution in [3.8, 4) is 0 Å². The molecule has 1 heterocycles. The number of allylic oxidation sites excluding steroid dienone is 2. The zero-order chi connectivity index (χ0) is 10.8. The molecule has 1 saturated heterocycles. The number of hydrogen-bond donors (Lipinski definition) is 1. The Kier molecular flexibility index (Phi) is 2.98. The molecule has 0 unspecified atom stereocenters. The van der Waals surface area contributed by atoms with Crippen molar-refractivity contribution in [3.05, 3.63) is 11.8 Å². The molecular weight excluding hydrogens is 190 g/mol. The molecular formula is C12H19NO2. The average molecular weight is 209 g/mol. The van der Waals surface area contributed by atoms with Crippen molar-refractivity contribution < 1.29 is 9.90 Å². The van der Waals surface area contributed by atoms with Gasteiger partial charge in [-0.2, -0.15) is 0 Å². The van der Waals surface area contributed by atoms with Crippen LogP contribution in [-0.4, -0.2) is 28.6 Å². The van der Waals surface area contributed by atoms with Crippen LogP contribution in [-0.2, 0) is 4.79 Å². The summed E-state index contributed by atoms with van der Waals surface area (Å²) in [5.41, 5.74) is 1.28. The van der Waals surface area contributed by atoms with E-state index in [1.165, 1.54) is 12.1 Å². The van der Waals surface area contributed by atoms with Crippen molar-refractivity contribution in [3.63, 3.8) is 0 Å². The number of aliphatic carboxylic acids is 1. The van der Waals surface area contributed by atoms with Crippen LogP contribution in [0.25, 0.3) is 0 Å². The van der Waals surface area contributed by atoms with Crippen LogP contribution >= 0.6 is 0 Å². The van der Waals surface area contributed by atoms with E-state index in [4.69, 9.17) is 5.11 Å². The predicted octanol–water partition coefficient (Wildman–Crippen LogP) is 2.24. The van der Waals surface area contributed by atoms with Crippen LogP contribution in [0.1, 0.15) is 39.0 Å². The first-order valence-corrected chi connectivity index (χ1v) is 5.87.